The van der Waals surface area contributed by atoms with Crippen LogP contribution in [0.2, 0.25) is 10.0 Å². The van der Waals surface area contributed by atoms with E-state index >= 15 is 0 Å². The highest BCUT2D eigenvalue weighted by atomic mass is 35.5. The zero-order valence-electron chi connectivity index (χ0n) is 10.8. The predicted molar refractivity (Wildman–Crippen MR) is 82.8 cm³/mol. The van der Waals surface area contributed by atoms with Gasteiger partial charge in [-0.25, -0.2) is 4.98 Å². The average Bonchev–Trinajstić information content (AvgIpc) is 2.42. The SMILES string of the molecule is CCNc1cccc(C(=O)Nc2ccc(Cl)cc2Cl)n1. The first-order valence-electron chi connectivity index (χ1n) is 6.07. The van der Waals surface area contributed by atoms with Crippen molar-refractivity contribution >= 4 is 40.6 Å². The molecule has 0 saturated heterocycles. The van der Waals surface area contributed by atoms with Crippen molar-refractivity contribution in [2.24, 2.45) is 0 Å². The number of hydrogen-bond donors (Lipinski definition) is 2. The summed E-state index contributed by atoms with van der Waals surface area (Å²) in [7, 11) is 0. The molecule has 0 bridgehead atoms. The lowest BCUT2D eigenvalue weighted by Crippen LogP contribution is -2.14. The monoisotopic (exact) mass is 309 g/mol. The number of carbonyl (C=O) groups is 1. The molecular formula is C14H13Cl2N3O. The van der Waals surface area contributed by atoms with Crippen molar-refractivity contribution in [1.29, 1.82) is 0 Å². The Morgan fingerprint density at radius 2 is 2.05 bits per heavy atom. The molecule has 0 saturated carbocycles. The molecule has 2 N–H and O–H groups in total. The number of carbonyl (C=O) groups excluding carboxylic acids is 1. The van der Waals surface area contributed by atoms with E-state index in [4.69, 9.17) is 23.2 Å². The molecule has 1 amide bonds. The molecule has 0 aliphatic carbocycles. The number of hydrogen-bond acceptors (Lipinski definition) is 3. The number of anilines is 2. The van der Waals surface area contributed by atoms with Crippen LogP contribution in [0.1, 0.15) is 17.4 Å². The number of aromatic nitrogens is 1. The highest BCUT2D eigenvalue weighted by Crippen LogP contribution is 2.25. The molecule has 1 aromatic carbocycles. The maximum Gasteiger partial charge on any atom is 0.274 e. The molecule has 2 aromatic rings. The van der Waals surface area contributed by atoms with E-state index in [1.807, 2.05) is 6.92 Å². The fourth-order valence-corrected chi connectivity index (χ4v) is 2.07. The van der Waals surface area contributed by atoms with Crippen LogP contribution < -0.4 is 10.6 Å². The second kappa shape index (κ2) is 6.59. The summed E-state index contributed by atoms with van der Waals surface area (Å²) < 4.78 is 0. The molecule has 0 fully saturated rings. The Bertz CT molecular complexity index is 632. The Morgan fingerprint density at radius 3 is 2.75 bits per heavy atom. The normalized spacial score (nSPS) is 10.2. The van der Waals surface area contributed by atoms with Crippen molar-refractivity contribution in [2.75, 3.05) is 17.2 Å². The van der Waals surface area contributed by atoms with Gasteiger partial charge in [-0.2, -0.15) is 0 Å². The van der Waals surface area contributed by atoms with Crippen LogP contribution in [0.4, 0.5) is 11.5 Å². The van der Waals surface area contributed by atoms with Crippen molar-refractivity contribution in [3.8, 4) is 0 Å². The van der Waals surface area contributed by atoms with Crippen molar-refractivity contribution < 1.29 is 4.79 Å². The van der Waals surface area contributed by atoms with Gasteiger partial charge in [0.25, 0.3) is 5.91 Å². The summed E-state index contributed by atoms with van der Waals surface area (Å²) in [6, 6.07) is 10.1. The number of halogens is 2. The van der Waals surface area contributed by atoms with Gasteiger partial charge >= 0.3 is 0 Å². The summed E-state index contributed by atoms with van der Waals surface area (Å²) in [6.07, 6.45) is 0. The van der Waals surface area contributed by atoms with E-state index in [2.05, 4.69) is 15.6 Å². The maximum absolute atomic E-state index is 12.1. The smallest absolute Gasteiger partial charge is 0.274 e. The number of benzene rings is 1. The largest absolute Gasteiger partial charge is 0.370 e. The van der Waals surface area contributed by atoms with E-state index in [0.29, 0.717) is 27.2 Å². The Kier molecular flexibility index (Phi) is 4.82. The minimum atomic E-state index is -0.325. The molecule has 0 aliphatic rings. The van der Waals surface area contributed by atoms with Gasteiger partial charge in [-0.05, 0) is 37.3 Å². The molecule has 4 nitrogen and oxygen atoms in total. The third-order valence-electron chi connectivity index (χ3n) is 2.52. The van der Waals surface area contributed by atoms with E-state index in [0.717, 1.165) is 6.54 Å². The van der Waals surface area contributed by atoms with Crippen molar-refractivity contribution in [3.05, 3.63) is 52.1 Å². The van der Waals surface area contributed by atoms with Crippen molar-refractivity contribution in [3.63, 3.8) is 0 Å². The summed E-state index contributed by atoms with van der Waals surface area (Å²) in [5.41, 5.74) is 0.811. The summed E-state index contributed by atoms with van der Waals surface area (Å²) in [6.45, 7) is 2.70. The number of rotatable bonds is 4. The van der Waals surface area contributed by atoms with Gasteiger partial charge in [0.15, 0.2) is 0 Å². The molecule has 2 rings (SSSR count). The van der Waals surface area contributed by atoms with Crippen molar-refractivity contribution in [2.45, 2.75) is 6.92 Å². The van der Waals surface area contributed by atoms with E-state index < -0.39 is 0 Å². The lowest BCUT2D eigenvalue weighted by molar-refractivity contribution is 0.102. The van der Waals surface area contributed by atoms with Gasteiger partial charge in [-0.1, -0.05) is 29.3 Å². The van der Waals surface area contributed by atoms with Gasteiger partial charge in [0.2, 0.25) is 0 Å². The Balaban J connectivity index is 2.17. The summed E-state index contributed by atoms with van der Waals surface area (Å²) in [5.74, 6) is 0.330. The standard InChI is InChI=1S/C14H13Cl2N3O/c1-2-17-13-5-3-4-12(18-13)14(20)19-11-7-6-9(15)8-10(11)16/h3-8H,2H2,1H3,(H,17,18)(H,19,20). The molecule has 1 aromatic heterocycles. The third-order valence-corrected chi connectivity index (χ3v) is 3.07. The minimum Gasteiger partial charge on any atom is -0.370 e. The molecule has 0 aliphatic heterocycles. The van der Waals surface area contributed by atoms with Gasteiger partial charge in [-0.15, -0.1) is 0 Å². The van der Waals surface area contributed by atoms with Crippen LogP contribution in [-0.2, 0) is 0 Å². The lowest BCUT2D eigenvalue weighted by atomic mass is 10.3. The van der Waals surface area contributed by atoms with E-state index in [1.54, 1.807) is 36.4 Å². The van der Waals surface area contributed by atoms with Crippen LogP contribution in [0, 0.1) is 0 Å². The molecule has 20 heavy (non-hydrogen) atoms. The molecule has 0 atom stereocenters. The first kappa shape index (κ1) is 14.6. The van der Waals surface area contributed by atoms with Gasteiger partial charge in [0.1, 0.15) is 11.5 Å². The molecule has 0 unspecified atom stereocenters. The summed E-state index contributed by atoms with van der Waals surface area (Å²) >= 11 is 11.8. The first-order chi connectivity index (χ1) is 9.60. The molecule has 1 heterocycles. The van der Waals surface area contributed by atoms with Gasteiger partial charge in [0.05, 0.1) is 10.7 Å². The van der Waals surface area contributed by atoms with E-state index in [-0.39, 0.29) is 5.91 Å². The van der Waals surface area contributed by atoms with Crippen LogP contribution in [0.5, 0.6) is 0 Å². The zero-order valence-corrected chi connectivity index (χ0v) is 12.3. The quantitative estimate of drug-likeness (QED) is 0.895. The number of amides is 1. The highest BCUT2D eigenvalue weighted by Gasteiger charge is 2.10. The van der Waals surface area contributed by atoms with Crippen molar-refractivity contribution in [1.82, 2.24) is 4.98 Å². The second-order valence-electron chi connectivity index (χ2n) is 4.02. The van der Waals surface area contributed by atoms with Crippen LogP contribution in [-0.4, -0.2) is 17.4 Å². The fourth-order valence-electron chi connectivity index (χ4n) is 1.62. The predicted octanol–water partition coefficient (Wildman–Crippen LogP) is 4.07. The Hall–Kier alpha value is -1.78. The topological polar surface area (TPSA) is 54.0 Å². The van der Waals surface area contributed by atoms with Gasteiger partial charge in [0, 0.05) is 11.6 Å². The summed E-state index contributed by atoms with van der Waals surface area (Å²) in [5, 5.41) is 6.65. The average molecular weight is 310 g/mol. The molecule has 104 valence electrons. The van der Waals surface area contributed by atoms with Crippen LogP contribution in [0.25, 0.3) is 0 Å². The first-order valence-corrected chi connectivity index (χ1v) is 6.83. The van der Waals surface area contributed by atoms with E-state index in [9.17, 15) is 4.79 Å². The van der Waals surface area contributed by atoms with E-state index in [1.165, 1.54) is 0 Å². The number of nitrogens with zero attached hydrogens (tertiary/aromatic N) is 1. The number of pyridine rings is 1. The fraction of sp³-hybridized carbons (Fsp3) is 0.143. The summed E-state index contributed by atoms with van der Waals surface area (Å²) in [4.78, 5) is 16.3. The maximum atomic E-state index is 12.1. The van der Waals surface area contributed by atoms with Crippen LogP contribution in [0.15, 0.2) is 36.4 Å². The molecule has 0 radical (unpaired) electrons. The highest BCUT2D eigenvalue weighted by molar-refractivity contribution is 6.36. The van der Waals surface area contributed by atoms with Crippen LogP contribution >= 0.6 is 23.2 Å². The lowest BCUT2D eigenvalue weighted by Gasteiger charge is -2.08. The molecular weight excluding hydrogens is 297 g/mol. The number of nitrogens with one attached hydrogen (secondary N) is 2. The molecule has 0 spiro atoms. The second-order valence-corrected chi connectivity index (χ2v) is 4.86. The Morgan fingerprint density at radius 1 is 1.25 bits per heavy atom. The van der Waals surface area contributed by atoms with Gasteiger partial charge < -0.3 is 10.6 Å². The van der Waals surface area contributed by atoms with Gasteiger partial charge in [-0.3, -0.25) is 4.79 Å². The zero-order chi connectivity index (χ0) is 14.5. The minimum absolute atomic E-state index is 0.314. The Labute approximate surface area is 127 Å². The van der Waals surface area contributed by atoms with Crippen LogP contribution in [0.3, 0.4) is 0 Å². The third kappa shape index (κ3) is 3.62. The molecule has 6 heteroatoms.